The summed E-state index contributed by atoms with van der Waals surface area (Å²) in [6.07, 6.45) is 2.66. The Balaban J connectivity index is 0.00000191. The summed E-state index contributed by atoms with van der Waals surface area (Å²) in [7, 11) is 0. The van der Waals surface area contributed by atoms with E-state index >= 15 is 0 Å². The van der Waals surface area contributed by atoms with Crippen LogP contribution in [0, 0.1) is 0 Å². The van der Waals surface area contributed by atoms with Crippen LogP contribution in [0.3, 0.4) is 0 Å². The maximum atomic E-state index is 11.4. The minimum atomic E-state index is -0.933. The third kappa shape index (κ3) is 9.28. The van der Waals surface area contributed by atoms with E-state index in [1.54, 1.807) is 0 Å². The summed E-state index contributed by atoms with van der Waals surface area (Å²) in [4.78, 5) is 11.4. The number of aryl methyl sites for hydroxylation is 1. The van der Waals surface area contributed by atoms with Crippen LogP contribution in [0.1, 0.15) is 18.9 Å². The molecule has 0 heterocycles. The van der Waals surface area contributed by atoms with E-state index in [-0.39, 0.29) is 25.7 Å². The molecule has 6 heteroatoms. The first-order chi connectivity index (χ1) is 10.2. The predicted octanol–water partition coefficient (Wildman–Crippen LogP) is 1.34. The van der Waals surface area contributed by atoms with Gasteiger partial charge in [0.25, 0.3) is 5.91 Å². The summed E-state index contributed by atoms with van der Waals surface area (Å²) in [5, 5.41) is 20.1. The normalized spacial score (nSPS) is 11.1. The number of aliphatic hydroxyl groups excluding tert-OH is 2. The SMILES string of the molecule is CCCc1ccc(OCC(=O)NCC(O)CO)cc1.CCl. The van der Waals surface area contributed by atoms with Gasteiger partial charge in [-0.1, -0.05) is 25.5 Å². The smallest absolute Gasteiger partial charge is 0.258 e. The van der Waals surface area contributed by atoms with Crippen LogP contribution < -0.4 is 10.1 Å². The largest absolute Gasteiger partial charge is 0.484 e. The Morgan fingerprint density at radius 3 is 2.48 bits per heavy atom. The Hall–Kier alpha value is -1.30. The van der Waals surface area contributed by atoms with Crippen molar-refractivity contribution in [2.24, 2.45) is 0 Å². The number of amides is 1. The summed E-state index contributed by atoms with van der Waals surface area (Å²) in [5.74, 6) is 0.308. The van der Waals surface area contributed by atoms with Crippen molar-refractivity contribution in [3.05, 3.63) is 29.8 Å². The third-order valence-corrected chi connectivity index (χ3v) is 2.58. The van der Waals surface area contributed by atoms with Gasteiger partial charge in [0.2, 0.25) is 0 Å². The molecule has 21 heavy (non-hydrogen) atoms. The number of aliphatic hydroxyl groups is 2. The van der Waals surface area contributed by atoms with E-state index < -0.39 is 6.10 Å². The molecule has 120 valence electrons. The van der Waals surface area contributed by atoms with E-state index in [2.05, 4.69) is 23.8 Å². The molecule has 0 aliphatic heterocycles. The molecular weight excluding hydrogens is 294 g/mol. The van der Waals surface area contributed by atoms with Gasteiger partial charge in [-0.3, -0.25) is 4.79 Å². The first-order valence-electron chi connectivity index (χ1n) is 6.80. The molecule has 0 aromatic heterocycles. The molecule has 1 unspecified atom stereocenters. The van der Waals surface area contributed by atoms with E-state index in [9.17, 15) is 4.79 Å². The lowest BCUT2D eigenvalue weighted by Gasteiger charge is -2.10. The van der Waals surface area contributed by atoms with Gasteiger partial charge in [0.05, 0.1) is 12.7 Å². The van der Waals surface area contributed by atoms with Gasteiger partial charge in [-0.2, -0.15) is 0 Å². The highest BCUT2D eigenvalue weighted by atomic mass is 35.5. The molecule has 1 amide bonds. The van der Waals surface area contributed by atoms with E-state index in [4.69, 9.17) is 14.9 Å². The van der Waals surface area contributed by atoms with Gasteiger partial charge in [0.15, 0.2) is 6.61 Å². The summed E-state index contributed by atoms with van der Waals surface area (Å²) in [5.41, 5.74) is 1.24. The number of halogens is 1. The number of benzene rings is 1. The molecule has 3 N–H and O–H groups in total. The maximum absolute atomic E-state index is 11.4. The van der Waals surface area contributed by atoms with Crippen molar-refractivity contribution in [2.75, 3.05) is 26.1 Å². The van der Waals surface area contributed by atoms with Crippen molar-refractivity contribution in [3.63, 3.8) is 0 Å². The van der Waals surface area contributed by atoms with Crippen molar-refractivity contribution >= 4 is 17.5 Å². The predicted molar refractivity (Wildman–Crippen MR) is 83.8 cm³/mol. The number of hydrogen-bond donors (Lipinski definition) is 3. The summed E-state index contributed by atoms with van der Waals surface area (Å²) in [6.45, 7) is 1.66. The molecule has 1 aromatic rings. The summed E-state index contributed by atoms with van der Waals surface area (Å²) in [6, 6.07) is 7.63. The number of carbonyl (C=O) groups is 1. The monoisotopic (exact) mass is 317 g/mol. The van der Waals surface area contributed by atoms with Crippen LogP contribution in [0.5, 0.6) is 5.75 Å². The number of carbonyl (C=O) groups excluding carboxylic acids is 1. The lowest BCUT2D eigenvalue weighted by molar-refractivity contribution is -0.123. The van der Waals surface area contributed by atoms with Gasteiger partial charge in [-0.25, -0.2) is 0 Å². The minimum absolute atomic E-state index is 0.0220. The van der Waals surface area contributed by atoms with Gasteiger partial charge in [0.1, 0.15) is 5.75 Å². The lowest BCUT2D eigenvalue weighted by Crippen LogP contribution is -2.36. The molecule has 0 bridgehead atoms. The van der Waals surface area contributed by atoms with Crippen molar-refractivity contribution in [2.45, 2.75) is 25.9 Å². The highest BCUT2D eigenvalue weighted by Gasteiger charge is 2.06. The Morgan fingerprint density at radius 1 is 1.33 bits per heavy atom. The highest BCUT2D eigenvalue weighted by Crippen LogP contribution is 2.13. The van der Waals surface area contributed by atoms with E-state index in [1.807, 2.05) is 24.3 Å². The van der Waals surface area contributed by atoms with Crippen LogP contribution in [-0.2, 0) is 11.2 Å². The van der Waals surface area contributed by atoms with Crippen LogP contribution in [0.15, 0.2) is 24.3 Å². The Morgan fingerprint density at radius 2 is 1.95 bits per heavy atom. The summed E-state index contributed by atoms with van der Waals surface area (Å²) < 4.78 is 5.31. The van der Waals surface area contributed by atoms with Crippen molar-refractivity contribution in [1.29, 1.82) is 0 Å². The number of hydrogen-bond acceptors (Lipinski definition) is 4. The van der Waals surface area contributed by atoms with Crippen molar-refractivity contribution < 1.29 is 19.7 Å². The van der Waals surface area contributed by atoms with Crippen LogP contribution in [-0.4, -0.2) is 48.4 Å². The average Bonchev–Trinajstić information content (AvgIpc) is 2.54. The molecule has 0 saturated carbocycles. The van der Waals surface area contributed by atoms with Gasteiger partial charge < -0.3 is 20.3 Å². The Kier molecular flexibility index (Phi) is 11.7. The molecule has 0 saturated heterocycles. The van der Waals surface area contributed by atoms with Crippen LogP contribution >= 0.6 is 11.6 Å². The van der Waals surface area contributed by atoms with E-state index in [1.165, 1.54) is 11.9 Å². The van der Waals surface area contributed by atoms with E-state index in [0.717, 1.165) is 12.8 Å². The first-order valence-corrected chi connectivity index (χ1v) is 7.56. The van der Waals surface area contributed by atoms with E-state index in [0.29, 0.717) is 5.75 Å². The molecule has 1 atom stereocenters. The fourth-order valence-electron chi connectivity index (χ4n) is 1.54. The van der Waals surface area contributed by atoms with Gasteiger partial charge in [0, 0.05) is 12.9 Å². The van der Waals surface area contributed by atoms with Crippen LogP contribution in [0.25, 0.3) is 0 Å². The van der Waals surface area contributed by atoms with Gasteiger partial charge >= 0.3 is 0 Å². The number of ether oxygens (including phenoxy) is 1. The second kappa shape index (κ2) is 12.4. The second-order valence-electron chi connectivity index (χ2n) is 4.32. The van der Waals surface area contributed by atoms with Gasteiger partial charge in [-0.15, -0.1) is 11.6 Å². The molecule has 0 spiro atoms. The molecule has 0 aliphatic carbocycles. The minimum Gasteiger partial charge on any atom is -0.484 e. The Bertz CT molecular complexity index is 384. The second-order valence-corrected chi connectivity index (χ2v) is 4.32. The van der Waals surface area contributed by atoms with Crippen molar-refractivity contribution in [3.8, 4) is 5.75 Å². The average molecular weight is 318 g/mol. The molecule has 1 rings (SSSR count). The number of rotatable bonds is 8. The molecule has 0 fully saturated rings. The van der Waals surface area contributed by atoms with Crippen molar-refractivity contribution in [1.82, 2.24) is 5.32 Å². The first kappa shape index (κ1) is 19.7. The zero-order valence-electron chi connectivity index (χ0n) is 12.5. The van der Waals surface area contributed by atoms with Gasteiger partial charge in [-0.05, 0) is 24.1 Å². The zero-order valence-corrected chi connectivity index (χ0v) is 13.3. The van der Waals surface area contributed by atoms with Crippen LogP contribution in [0.4, 0.5) is 0 Å². The lowest BCUT2D eigenvalue weighted by atomic mass is 10.1. The number of alkyl halides is 1. The standard InChI is InChI=1S/C14H21NO4.CH3Cl/c1-2-3-11-4-6-13(7-5-11)19-10-14(18)15-8-12(17)9-16;1-2/h4-7,12,16-17H,2-3,8-10H2,1H3,(H,15,18);1H3. The molecule has 0 aliphatic rings. The Labute approximate surface area is 130 Å². The molecule has 1 aromatic carbocycles. The third-order valence-electron chi connectivity index (χ3n) is 2.58. The maximum Gasteiger partial charge on any atom is 0.258 e. The molecular formula is C15H24ClNO4. The topological polar surface area (TPSA) is 78.8 Å². The van der Waals surface area contributed by atoms with Crippen LogP contribution in [0.2, 0.25) is 0 Å². The highest BCUT2D eigenvalue weighted by molar-refractivity contribution is 6.15. The zero-order chi connectivity index (χ0) is 16.1. The fourth-order valence-corrected chi connectivity index (χ4v) is 1.54. The fraction of sp³-hybridized carbons (Fsp3) is 0.533. The molecule has 5 nitrogen and oxygen atoms in total. The number of nitrogens with one attached hydrogen (secondary N) is 1. The molecule has 0 radical (unpaired) electrons. The quantitative estimate of drug-likeness (QED) is 0.632. The summed E-state index contributed by atoms with van der Waals surface area (Å²) >= 11 is 4.64.